The third kappa shape index (κ3) is 3.33. The number of hydrogen-bond acceptors (Lipinski definition) is 4. The number of carboxylic acids is 1. The number of aromatic nitrogens is 2. The summed E-state index contributed by atoms with van der Waals surface area (Å²) in [5, 5.41) is 13.1. The topological polar surface area (TPSA) is 92.5 Å². The lowest BCUT2D eigenvalue weighted by atomic mass is 10.3. The highest BCUT2D eigenvalue weighted by molar-refractivity contribution is 7.89. The van der Waals surface area contributed by atoms with E-state index in [9.17, 15) is 13.2 Å². The third-order valence-electron chi connectivity index (χ3n) is 3.55. The van der Waals surface area contributed by atoms with Gasteiger partial charge in [-0.25, -0.2) is 13.1 Å². The van der Waals surface area contributed by atoms with Gasteiger partial charge in [0, 0.05) is 6.54 Å². The first-order chi connectivity index (χ1) is 9.96. The Labute approximate surface area is 123 Å². The highest BCUT2D eigenvalue weighted by Crippen LogP contribution is 2.31. The van der Waals surface area contributed by atoms with Crippen LogP contribution in [0.5, 0.6) is 0 Å². The molecule has 1 aliphatic carbocycles. The van der Waals surface area contributed by atoms with Crippen molar-refractivity contribution in [3.05, 3.63) is 24.9 Å². The number of aliphatic carboxylic acids is 1. The third-order valence-corrected chi connectivity index (χ3v) is 5.36. The summed E-state index contributed by atoms with van der Waals surface area (Å²) in [5.74, 6) is -1.20. The number of carboxylic acid groups (broad SMARTS) is 1. The van der Waals surface area contributed by atoms with E-state index >= 15 is 0 Å². The molecule has 0 aliphatic heterocycles. The van der Waals surface area contributed by atoms with Gasteiger partial charge < -0.3 is 5.11 Å². The Morgan fingerprint density at radius 2 is 2.19 bits per heavy atom. The molecule has 8 heteroatoms. The standard InChI is InChI=1S/C13H19N3O4S/c1-2-9-15(10-13(17)18)21(19,20)12-7-8-14-16(12)11-5-3-4-6-11/h2,7-8,11H,1,3-6,9-10H2,(H,17,18). The SMILES string of the molecule is C=CCN(CC(=O)O)S(=O)(=O)c1ccnn1C1CCCC1. The Kier molecular flexibility index (Phi) is 4.79. The largest absolute Gasteiger partial charge is 0.480 e. The van der Waals surface area contributed by atoms with Gasteiger partial charge in [0.25, 0.3) is 10.0 Å². The molecule has 0 aromatic carbocycles. The minimum absolute atomic E-state index is 0.0511. The van der Waals surface area contributed by atoms with Gasteiger partial charge in [-0.15, -0.1) is 6.58 Å². The molecule has 0 atom stereocenters. The molecule has 1 aromatic rings. The average Bonchev–Trinajstić information content (AvgIpc) is 3.08. The monoisotopic (exact) mass is 313 g/mol. The second-order valence-corrected chi connectivity index (χ2v) is 6.92. The molecule has 1 aromatic heterocycles. The van der Waals surface area contributed by atoms with Crippen molar-refractivity contribution in [2.75, 3.05) is 13.1 Å². The van der Waals surface area contributed by atoms with Crippen LogP contribution in [0, 0.1) is 0 Å². The molecule has 21 heavy (non-hydrogen) atoms. The minimum Gasteiger partial charge on any atom is -0.480 e. The minimum atomic E-state index is -3.90. The van der Waals surface area contributed by atoms with Crippen LogP contribution >= 0.6 is 0 Å². The summed E-state index contributed by atoms with van der Waals surface area (Å²) in [6.45, 7) is 2.84. The summed E-state index contributed by atoms with van der Waals surface area (Å²) in [5.41, 5.74) is 0. The van der Waals surface area contributed by atoms with E-state index < -0.39 is 22.5 Å². The summed E-state index contributed by atoms with van der Waals surface area (Å²) >= 11 is 0. The van der Waals surface area contributed by atoms with Crippen LogP contribution in [0.15, 0.2) is 29.9 Å². The fourth-order valence-corrected chi connectivity index (χ4v) is 4.12. The quantitative estimate of drug-likeness (QED) is 0.765. The van der Waals surface area contributed by atoms with E-state index in [0.29, 0.717) is 0 Å². The highest BCUT2D eigenvalue weighted by atomic mass is 32.2. The van der Waals surface area contributed by atoms with E-state index in [0.717, 1.165) is 30.0 Å². The second kappa shape index (κ2) is 6.40. The first-order valence-electron chi connectivity index (χ1n) is 6.83. The highest BCUT2D eigenvalue weighted by Gasteiger charge is 2.31. The lowest BCUT2D eigenvalue weighted by molar-refractivity contribution is -0.137. The van der Waals surface area contributed by atoms with Crippen LogP contribution in [-0.4, -0.2) is 46.7 Å². The molecule has 1 saturated carbocycles. The zero-order chi connectivity index (χ0) is 15.5. The van der Waals surface area contributed by atoms with Gasteiger partial charge >= 0.3 is 5.97 Å². The Morgan fingerprint density at radius 1 is 1.52 bits per heavy atom. The summed E-state index contributed by atoms with van der Waals surface area (Å²) < 4.78 is 27.7. The van der Waals surface area contributed by atoms with Gasteiger partial charge in [-0.2, -0.15) is 9.40 Å². The van der Waals surface area contributed by atoms with Gasteiger partial charge in [-0.05, 0) is 18.9 Å². The summed E-state index contributed by atoms with van der Waals surface area (Å²) in [6, 6.07) is 1.49. The molecular weight excluding hydrogens is 294 g/mol. The van der Waals surface area contributed by atoms with Gasteiger partial charge in [0.15, 0.2) is 5.03 Å². The molecule has 0 bridgehead atoms. The number of carbonyl (C=O) groups is 1. The number of rotatable bonds is 7. The van der Waals surface area contributed by atoms with Crippen LogP contribution in [0.2, 0.25) is 0 Å². The predicted octanol–water partition coefficient (Wildman–Crippen LogP) is 1.26. The molecule has 1 aliphatic rings. The summed E-state index contributed by atoms with van der Waals surface area (Å²) in [4.78, 5) is 10.9. The molecule has 0 amide bonds. The Bertz CT molecular complexity index is 617. The van der Waals surface area contributed by atoms with Crippen molar-refractivity contribution < 1.29 is 18.3 Å². The van der Waals surface area contributed by atoms with Gasteiger partial charge in [-0.3, -0.25) is 4.79 Å². The van der Waals surface area contributed by atoms with Crippen LogP contribution < -0.4 is 0 Å². The number of hydrogen-bond donors (Lipinski definition) is 1. The van der Waals surface area contributed by atoms with Gasteiger partial charge in [0.1, 0.15) is 6.54 Å². The van der Waals surface area contributed by atoms with E-state index in [2.05, 4.69) is 11.7 Å². The number of sulfonamides is 1. The maximum absolute atomic E-state index is 12.7. The van der Waals surface area contributed by atoms with Crippen LogP contribution in [0.1, 0.15) is 31.7 Å². The van der Waals surface area contributed by atoms with Crippen LogP contribution in [0.3, 0.4) is 0 Å². The Balaban J connectivity index is 2.35. The lowest BCUT2D eigenvalue weighted by Crippen LogP contribution is -2.37. The Morgan fingerprint density at radius 3 is 2.76 bits per heavy atom. The second-order valence-electron chi connectivity index (χ2n) is 5.03. The number of nitrogens with zero attached hydrogens (tertiary/aromatic N) is 3. The fraction of sp³-hybridized carbons (Fsp3) is 0.538. The van der Waals surface area contributed by atoms with Crippen LogP contribution in [0.4, 0.5) is 0 Å². The molecule has 0 radical (unpaired) electrons. The first-order valence-corrected chi connectivity index (χ1v) is 8.27. The maximum atomic E-state index is 12.7. The maximum Gasteiger partial charge on any atom is 0.318 e. The Hall–Kier alpha value is -1.67. The van der Waals surface area contributed by atoms with Crippen molar-refractivity contribution in [2.24, 2.45) is 0 Å². The van der Waals surface area contributed by atoms with E-state index in [1.165, 1.54) is 23.0 Å². The average molecular weight is 313 g/mol. The molecule has 1 N–H and O–H groups in total. The van der Waals surface area contributed by atoms with Crippen LogP contribution in [-0.2, 0) is 14.8 Å². The fourth-order valence-electron chi connectivity index (χ4n) is 2.60. The van der Waals surface area contributed by atoms with Crippen LogP contribution in [0.25, 0.3) is 0 Å². The first kappa shape index (κ1) is 15.7. The van der Waals surface area contributed by atoms with E-state index in [-0.39, 0.29) is 17.6 Å². The molecule has 2 rings (SSSR count). The van der Waals surface area contributed by atoms with E-state index in [1.807, 2.05) is 0 Å². The van der Waals surface area contributed by atoms with Crippen molar-refractivity contribution in [2.45, 2.75) is 36.8 Å². The van der Waals surface area contributed by atoms with Crippen molar-refractivity contribution in [1.29, 1.82) is 0 Å². The van der Waals surface area contributed by atoms with Gasteiger partial charge in [-0.1, -0.05) is 18.9 Å². The molecule has 1 heterocycles. The van der Waals surface area contributed by atoms with Crippen molar-refractivity contribution in [1.82, 2.24) is 14.1 Å². The summed E-state index contributed by atoms with van der Waals surface area (Å²) in [6.07, 6.45) is 6.70. The van der Waals surface area contributed by atoms with Crippen molar-refractivity contribution >= 4 is 16.0 Å². The molecule has 116 valence electrons. The van der Waals surface area contributed by atoms with Crippen molar-refractivity contribution in [3.8, 4) is 0 Å². The molecular formula is C13H19N3O4S. The molecule has 0 unspecified atom stereocenters. The molecule has 0 saturated heterocycles. The van der Waals surface area contributed by atoms with Gasteiger partial charge in [0.2, 0.25) is 0 Å². The zero-order valence-electron chi connectivity index (χ0n) is 11.7. The smallest absolute Gasteiger partial charge is 0.318 e. The van der Waals surface area contributed by atoms with Crippen molar-refractivity contribution in [3.63, 3.8) is 0 Å². The van der Waals surface area contributed by atoms with E-state index in [1.54, 1.807) is 0 Å². The molecule has 7 nitrogen and oxygen atoms in total. The van der Waals surface area contributed by atoms with Gasteiger partial charge in [0.05, 0.1) is 12.2 Å². The predicted molar refractivity (Wildman–Crippen MR) is 76.3 cm³/mol. The molecule has 0 spiro atoms. The van der Waals surface area contributed by atoms with E-state index in [4.69, 9.17) is 5.11 Å². The normalized spacial score (nSPS) is 16.4. The lowest BCUT2D eigenvalue weighted by Gasteiger charge is -2.21. The zero-order valence-corrected chi connectivity index (χ0v) is 12.5. The summed E-state index contributed by atoms with van der Waals surface area (Å²) in [7, 11) is -3.90. The molecule has 1 fully saturated rings.